The summed E-state index contributed by atoms with van der Waals surface area (Å²) in [7, 11) is 3.16. The third kappa shape index (κ3) is 4.63. The second-order valence-electron chi connectivity index (χ2n) is 5.46. The number of carbonyl (C=O) groups is 1. The highest BCUT2D eigenvalue weighted by atomic mass is 35.5. The zero-order chi connectivity index (χ0) is 18.4. The molecular formula is C17H22ClN3O4. The minimum Gasteiger partial charge on any atom is -0.493 e. The van der Waals surface area contributed by atoms with Crippen molar-refractivity contribution < 1.29 is 18.8 Å². The molecule has 0 aliphatic heterocycles. The van der Waals surface area contributed by atoms with Crippen molar-refractivity contribution in [2.45, 2.75) is 33.2 Å². The summed E-state index contributed by atoms with van der Waals surface area (Å²) in [4.78, 5) is 18.3. The number of hydrogen-bond donors (Lipinski definition) is 0. The molecule has 0 fully saturated rings. The van der Waals surface area contributed by atoms with Crippen molar-refractivity contribution >= 4 is 17.5 Å². The van der Waals surface area contributed by atoms with Gasteiger partial charge in [0.2, 0.25) is 5.89 Å². The van der Waals surface area contributed by atoms with Gasteiger partial charge >= 0.3 is 0 Å². The molecule has 1 amide bonds. The van der Waals surface area contributed by atoms with Crippen LogP contribution < -0.4 is 9.47 Å². The molecule has 0 saturated heterocycles. The molecule has 2 aromatic rings. The Bertz CT molecular complexity index is 733. The maximum absolute atomic E-state index is 12.7. The van der Waals surface area contributed by atoms with Gasteiger partial charge in [-0.15, -0.1) is 0 Å². The summed E-state index contributed by atoms with van der Waals surface area (Å²) in [6, 6.07) is 3.18. The van der Waals surface area contributed by atoms with E-state index < -0.39 is 0 Å². The largest absolute Gasteiger partial charge is 0.493 e. The molecule has 0 bridgehead atoms. The number of nitrogens with zero attached hydrogens (tertiary/aromatic N) is 3. The summed E-state index contributed by atoms with van der Waals surface area (Å²) < 4.78 is 16.0. The molecule has 0 aliphatic rings. The zero-order valence-corrected chi connectivity index (χ0v) is 15.6. The van der Waals surface area contributed by atoms with E-state index in [1.54, 1.807) is 19.2 Å². The lowest BCUT2D eigenvalue weighted by Gasteiger charge is -2.17. The quantitative estimate of drug-likeness (QED) is 0.712. The molecular weight excluding hydrogens is 346 g/mol. The van der Waals surface area contributed by atoms with E-state index in [4.69, 9.17) is 25.6 Å². The molecule has 8 heteroatoms. The van der Waals surface area contributed by atoms with Crippen molar-refractivity contribution in [1.82, 2.24) is 15.0 Å². The molecule has 0 atom stereocenters. The Kier molecular flexibility index (Phi) is 6.64. The van der Waals surface area contributed by atoms with Gasteiger partial charge in [-0.25, -0.2) is 0 Å². The summed E-state index contributed by atoms with van der Waals surface area (Å²) in [5.74, 6) is 1.61. The number of aromatic nitrogens is 2. The standard InChI is InChI=1S/C17H22ClN3O4/c1-5-7-24-16-12(18)8-11(9-13(16)23-4)17(22)21(3)10-15-19-14(6-2)20-25-15/h8-9H,5-7,10H2,1-4H3. The second-order valence-corrected chi connectivity index (χ2v) is 5.86. The topological polar surface area (TPSA) is 77.7 Å². The molecule has 0 N–H and O–H groups in total. The van der Waals surface area contributed by atoms with Crippen LogP contribution in [0.1, 0.15) is 42.3 Å². The molecule has 0 saturated carbocycles. The first-order valence-corrected chi connectivity index (χ1v) is 8.45. The van der Waals surface area contributed by atoms with Crippen LogP contribution in [-0.4, -0.2) is 41.7 Å². The maximum atomic E-state index is 12.7. The van der Waals surface area contributed by atoms with E-state index in [1.165, 1.54) is 12.0 Å². The normalized spacial score (nSPS) is 10.6. The van der Waals surface area contributed by atoms with Gasteiger partial charge in [-0.05, 0) is 18.6 Å². The molecule has 1 heterocycles. The number of aryl methyl sites for hydroxylation is 1. The molecule has 1 aromatic heterocycles. The van der Waals surface area contributed by atoms with Crippen LogP contribution in [0.2, 0.25) is 5.02 Å². The fourth-order valence-corrected chi connectivity index (χ4v) is 2.45. The van der Waals surface area contributed by atoms with Gasteiger partial charge < -0.3 is 18.9 Å². The fraction of sp³-hybridized carbons (Fsp3) is 0.471. The summed E-state index contributed by atoms with van der Waals surface area (Å²) >= 11 is 6.26. The smallest absolute Gasteiger partial charge is 0.254 e. The van der Waals surface area contributed by atoms with Gasteiger partial charge in [-0.3, -0.25) is 4.79 Å². The van der Waals surface area contributed by atoms with Gasteiger partial charge in [-0.2, -0.15) is 4.98 Å². The van der Waals surface area contributed by atoms with E-state index in [-0.39, 0.29) is 12.5 Å². The summed E-state index contributed by atoms with van der Waals surface area (Å²) in [6.07, 6.45) is 1.51. The molecule has 0 unspecified atom stereocenters. The zero-order valence-electron chi connectivity index (χ0n) is 14.8. The number of hydrogen-bond acceptors (Lipinski definition) is 6. The first kappa shape index (κ1) is 19.1. The van der Waals surface area contributed by atoms with Crippen LogP contribution in [0.15, 0.2) is 16.7 Å². The number of methoxy groups -OCH3 is 1. The number of carbonyl (C=O) groups excluding carboxylic acids is 1. The minimum atomic E-state index is -0.238. The van der Waals surface area contributed by atoms with E-state index in [0.717, 1.165) is 6.42 Å². The predicted molar refractivity (Wildman–Crippen MR) is 93.3 cm³/mol. The average Bonchev–Trinajstić information content (AvgIpc) is 3.06. The molecule has 0 spiro atoms. The Labute approximate surface area is 151 Å². The predicted octanol–water partition coefficient (Wildman–Crippen LogP) is 3.36. The molecule has 0 radical (unpaired) electrons. The maximum Gasteiger partial charge on any atom is 0.254 e. The van der Waals surface area contributed by atoms with Crippen molar-refractivity contribution in [3.63, 3.8) is 0 Å². The lowest BCUT2D eigenvalue weighted by molar-refractivity contribution is 0.0769. The molecule has 7 nitrogen and oxygen atoms in total. The highest BCUT2D eigenvalue weighted by Gasteiger charge is 2.20. The second kappa shape index (κ2) is 8.71. The van der Waals surface area contributed by atoms with Gasteiger partial charge in [0.15, 0.2) is 17.3 Å². The Balaban J connectivity index is 2.18. The lowest BCUT2D eigenvalue weighted by atomic mass is 10.1. The van der Waals surface area contributed by atoms with Crippen LogP contribution in [0.25, 0.3) is 0 Å². The summed E-state index contributed by atoms with van der Waals surface area (Å²) in [6.45, 7) is 4.65. The molecule has 1 aromatic carbocycles. The van der Waals surface area contributed by atoms with Gasteiger partial charge in [0, 0.05) is 19.0 Å². The van der Waals surface area contributed by atoms with E-state index >= 15 is 0 Å². The average molecular weight is 368 g/mol. The Morgan fingerprint density at radius 2 is 2.12 bits per heavy atom. The van der Waals surface area contributed by atoms with Crippen molar-refractivity contribution in [3.8, 4) is 11.5 Å². The van der Waals surface area contributed by atoms with Crippen molar-refractivity contribution in [2.24, 2.45) is 0 Å². The van der Waals surface area contributed by atoms with Gasteiger partial charge in [0.05, 0.1) is 25.3 Å². The van der Waals surface area contributed by atoms with Crippen LogP contribution in [0.4, 0.5) is 0 Å². The van der Waals surface area contributed by atoms with Crippen molar-refractivity contribution in [1.29, 1.82) is 0 Å². The third-order valence-corrected chi connectivity index (χ3v) is 3.75. The molecule has 2 rings (SSSR count). The fourth-order valence-electron chi connectivity index (χ4n) is 2.18. The van der Waals surface area contributed by atoms with E-state index in [1.807, 2.05) is 13.8 Å². The molecule has 0 aliphatic carbocycles. The van der Waals surface area contributed by atoms with E-state index in [9.17, 15) is 4.79 Å². The van der Waals surface area contributed by atoms with E-state index in [2.05, 4.69) is 10.1 Å². The van der Waals surface area contributed by atoms with Crippen LogP contribution >= 0.6 is 11.6 Å². The minimum absolute atomic E-state index is 0.208. The first-order chi connectivity index (χ1) is 12.0. The Hall–Kier alpha value is -2.28. The van der Waals surface area contributed by atoms with Gasteiger partial charge in [-0.1, -0.05) is 30.6 Å². The number of halogens is 1. The van der Waals surface area contributed by atoms with Gasteiger partial charge in [0.1, 0.15) is 0 Å². The SMILES string of the molecule is CCCOc1c(Cl)cc(C(=O)N(C)Cc2nc(CC)no2)cc1OC. The van der Waals surface area contributed by atoms with Crippen LogP contribution in [0, 0.1) is 0 Å². The lowest BCUT2D eigenvalue weighted by Crippen LogP contribution is -2.26. The Morgan fingerprint density at radius 1 is 1.36 bits per heavy atom. The summed E-state index contributed by atoms with van der Waals surface area (Å²) in [5.41, 5.74) is 0.392. The Morgan fingerprint density at radius 3 is 2.72 bits per heavy atom. The van der Waals surface area contributed by atoms with Crippen LogP contribution in [0.5, 0.6) is 11.5 Å². The number of amides is 1. The monoisotopic (exact) mass is 367 g/mol. The highest BCUT2D eigenvalue weighted by molar-refractivity contribution is 6.32. The summed E-state index contributed by atoms with van der Waals surface area (Å²) in [5, 5.41) is 4.15. The van der Waals surface area contributed by atoms with Crippen molar-refractivity contribution in [3.05, 3.63) is 34.4 Å². The third-order valence-electron chi connectivity index (χ3n) is 3.47. The van der Waals surface area contributed by atoms with Crippen LogP contribution in [0.3, 0.4) is 0 Å². The number of benzene rings is 1. The number of rotatable bonds is 8. The van der Waals surface area contributed by atoms with Gasteiger partial charge in [0.25, 0.3) is 5.91 Å². The molecule has 136 valence electrons. The van der Waals surface area contributed by atoms with Crippen molar-refractivity contribution in [2.75, 3.05) is 20.8 Å². The van der Waals surface area contributed by atoms with E-state index in [0.29, 0.717) is 46.8 Å². The number of ether oxygens (including phenoxy) is 2. The first-order valence-electron chi connectivity index (χ1n) is 8.07. The van der Waals surface area contributed by atoms with Crippen LogP contribution in [-0.2, 0) is 13.0 Å². The highest BCUT2D eigenvalue weighted by Crippen LogP contribution is 2.36. The molecule has 25 heavy (non-hydrogen) atoms.